The van der Waals surface area contributed by atoms with E-state index in [0.717, 1.165) is 0 Å². The Morgan fingerprint density at radius 2 is 2.06 bits per heavy atom. The molecule has 18 heavy (non-hydrogen) atoms. The van der Waals surface area contributed by atoms with Crippen LogP contribution in [0.1, 0.15) is 32.2 Å². The second kappa shape index (κ2) is 3.80. The second-order valence-electron chi connectivity index (χ2n) is 4.13. The maximum absolute atomic E-state index is 12.2. The molecular formula is C13H10N2O3. The monoisotopic (exact) mass is 242 g/mol. The minimum atomic E-state index is -0.336. The lowest BCUT2D eigenvalue weighted by molar-refractivity contribution is 0.0622. The number of carbonyl (C=O) groups is 2. The average molecular weight is 242 g/mol. The molecule has 1 aliphatic heterocycles. The van der Waals surface area contributed by atoms with Crippen LogP contribution in [0.15, 0.2) is 34.9 Å². The van der Waals surface area contributed by atoms with E-state index < -0.39 is 0 Å². The highest BCUT2D eigenvalue weighted by molar-refractivity contribution is 6.12. The first kappa shape index (κ1) is 10.7. The lowest BCUT2D eigenvalue weighted by Gasteiger charge is -2.13. The van der Waals surface area contributed by atoms with Crippen LogP contribution in [0.2, 0.25) is 0 Å². The SMILES string of the molecule is Cc1noc2c1C(=O)N(C(=O)c1ccccc1)C2. The van der Waals surface area contributed by atoms with E-state index in [1.54, 1.807) is 31.2 Å². The summed E-state index contributed by atoms with van der Waals surface area (Å²) < 4.78 is 5.03. The quantitative estimate of drug-likeness (QED) is 0.715. The number of hydrogen-bond donors (Lipinski definition) is 0. The van der Waals surface area contributed by atoms with E-state index in [4.69, 9.17) is 4.52 Å². The predicted molar refractivity (Wildman–Crippen MR) is 61.9 cm³/mol. The largest absolute Gasteiger partial charge is 0.358 e. The number of carbonyl (C=O) groups excluding carboxylic acids is 2. The zero-order chi connectivity index (χ0) is 12.7. The highest BCUT2D eigenvalue weighted by atomic mass is 16.5. The summed E-state index contributed by atoms with van der Waals surface area (Å²) in [5.41, 5.74) is 1.43. The summed E-state index contributed by atoms with van der Waals surface area (Å²) in [4.78, 5) is 25.5. The van der Waals surface area contributed by atoms with Crippen LogP contribution in [-0.4, -0.2) is 21.9 Å². The molecule has 0 radical (unpaired) electrons. The molecule has 0 saturated heterocycles. The molecule has 5 heteroatoms. The van der Waals surface area contributed by atoms with Gasteiger partial charge in [-0.2, -0.15) is 0 Å². The fourth-order valence-electron chi connectivity index (χ4n) is 2.05. The Balaban J connectivity index is 1.93. The van der Waals surface area contributed by atoms with Gasteiger partial charge in [-0.3, -0.25) is 14.5 Å². The van der Waals surface area contributed by atoms with Gasteiger partial charge in [0.25, 0.3) is 11.8 Å². The molecule has 0 saturated carbocycles. The van der Waals surface area contributed by atoms with Gasteiger partial charge in [-0.05, 0) is 19.1 Å². The Labute approximate surface area is 103 Å². The Hall–Kier alpha value is -2.43. The number of benzene rings is 1. The molecule has 2 heterocycles. The van der Waals surface area contributed by atoms with Crippen LogP contribution >= 0.6 is 0 Å². The van der Waals surface area contributed by atoms with E-state index in [9.17, 15) is 9.59 Å². The Morgan fingerprint density at radius 3 is 2.72 bits per heavy atom. The van der Waals surface area contributed by atoms with Crippen molar-refractivity contribution in [3.8, 4) is 0 Å². The number of hydrogen-bond acceptors (Lipinski definition) is 4. The molecule has 1 aromatic carbocycles. The maximum atomic E-state index is 12.2. The van der Waals surface area contributed by atoms with Crippen molar-refractivity contribution in [3.05, 3.63) is 52.9 Å². The van der Waals surface area contributed by atoms with Crippen molar-refractivity contribution in [2.24, 2.45) is 0 Å². The average Bonchev–Trinajstić information content (AvgIpc) is 2.92. The Kier molecular flexibility index (Phi) is 2.26. The van der Waals surface area contributed by atoms with Crippen molar-refractivity contribution in [2.45, 2.75) is 13.5 Å². The first-order chi connectivity index (χ1) is 8.68. The minimum Gasteiger partial charge on any atom is -0.358 e. The predicted octanol–water partition coefficient (Wildman–Crippen LogP) is 1.78. The van der Waals surface area contributed by atoms with Gasteiger partial charge in [0.2, 0.25) is 0 Å². The number of aromatic nitrogens is 1. The molecule has 0 fully saturated rings. The molecule has 0 aliphatic carbocycles. The number of aryl methyl sites for hydroxylation is 1. The standard InChI is InChI=1S/C13H10N2O3/c1-8-11-10(18-14-8)7-15(13(11)17)12(16)9-5-3-2-4-6-9/h2-6H,7H2,1H3. The van der Waals surface area contributed by atoms with Crippen molar-refractivity contribution in [1.29, 1.82) is 0 Å². The van der Waals surface area contributed by atoms with Crippen molar-refractivity contribution < 1.29 is 14.1 Å². The van der Waals surface area contributed by atoms with Gasteiger partial charge in [-0.1, -0.05) is 23.4 Å². The molecule has 0 bridgehead atoms. The van der Waals surface area contributed by atoms with Gasteiger partial charge in [0, 0.05) is 5.56 Å². The van der Waals surface area contributed by atoms with Gasteiger partial charge in [-0.15, -0.1) is 0 Å². The summed E-state index contributed by atoms with van der Waals surface area (Å²) >= 11 is 0. The van der Waals surface area contributed by atoms with Crippen molar-refractivity contribution in [2.75, 3.05) is 0 Å². The first-order valence-corrected chi connectivity index (χ1v) is 5.55. The van der Waals surface area contributed by atoms with Crippen molar-refractivity contribution >= 4 is 11.8 Å². The summed E-state index contributed by atoms with van der Waals surface area (Å²) in [6, 6.07) is 8.71. The van der Waals surface area contributed by atoms with Gasteiger partial charge in [0.05, 0.1) is 12.2 Å². The summed E-state index contributed by atoms with van der Waals surface area (Å²) in [5.74, 6) is -0.189. The van der Waals surface area contributed by atoms with Gasteiger partial charge in [-0.25, -0.2) is 0 Å². The number of imide groups is 1. The smallest absolute Gasteiger partial charge is 0.266 e. The number of amides is 2. The topological polar surface area (TPSA) is 63.4 Å². The third-order valence-electron chi connectivity index (χ3n) is 2.96. The van der Waals surface area contributed by atoms with Crippen LogP contribution in [-0.2, 0) is 6.54 Å². The fourth-order valence-corrected chi connectivity index (χ4v) is 2.05. The molecule has 5 nitrogen and oxygen atoms in total. The van der Waals surface area contributed by atoms with E-state index in [1.165, 1.54) is 4.90 Å². The number of nitrogens with zero attached hydrogens (tertiary/aromatic N) is 2. The number of rotatable bonds is 1. The summed E-state index contributed by atoms with van der Waals surface area (Å²) in [6.07, 6.45) is 0. The second-order valence-corrected chi connectivity index (χ2v) is 4.13. The zero-order valence-corrected chi connectivity index (χ0v) is 9.71. The van der Waals surface area contributed by atoms with E-state index in [0.29, 0.717) is 22.6 Å². The molecule has 0 unspecified atom stereocenters. The van der Waals surface area contributed by atoms with Crippen LogP contribution in [0, 0.1) is 6.92 Å². The van der Waals surface area contributed by atoms with Gasteiger partial charge >= 0.3 is 0 Å². The van der Waals surface area contributed by atoms with E-state index >= 15 is 0 Å². The van der Waals surface area contributed by atoms with E-state index in [2.05, 4.69) is 5.16 Å². The number of fused-ring (bicyclic) bond motifs is 1. The molecular weight excluding hydrogens is 232 g/mol. The highest BCUT2D eigenvalue weighted by Crippen LogP contribution is 2.26. The van der Waals surface area contributed by atoms with Gasteiger partial charge in [0.1, 0.15) is 5.56 Å². The lowest BCUT2D eigenvalue weighted by Crippen LogP contribution is -2.31. The molecule has 1 aromatic heterocycles. The lowest BCUT2D eigenvalue weighted by atomic mass is 10.2. The third-order valence-corrected chi connectivity index (χ3v) is 2.96. The van der Waals surface area contributed by atoms with Crippen LogP contribution < -0.4 is 0 Å². The third kappa shape index (κ3) is 1.44. The van der Waals surface area contributed by atoms with E-state index in [-0.39, 0.29) is 18.4 Å². The fraction of sp³-hybridized carbons (Fsp3) is 0.154. The molecule has 0 atom stereocenters. The molecule has 0 spiro atoms. The summed E-state index contributed by atoms with van der Waals surface area (Å²) in [5, 5.41) is 3.72. The maximum Gasteiger partial charge on any atom is 0.266 e. The summed E-state index contributed by atoms with van der Waals surface area (Å²) in [6.45, 7) is 1.85. The van der Waals surface area contributed by atoms with Crippen molar-refractivity contribution in [3.63, 3.8) is 0 Å². The minimum absolute atomic E-state index is 0.155. The summed E-state index contributed by atoms with van der Waals surface area (Å²) in [7, 11) is 0. The Bertz CT molecular complexity index is 631. The first-order valence-electron chi connectivity index (χ1n) is 5.55. The van der Waals surface area contributed by atoms with Gasteiger partial charge in [0.15, 0.2) is 5.76 Å². The molecule has 0 N–H and O–H groups in total. The van der Waals surface area contributed by atoms with Crippen molar-refractivity contribution in [1.82, 2.24) is 10.1 Å². The van der Waals surface area contributed by atoms with Crippen LogP contribution in [0.3, 0.4) is 0 Å². The highest BCUT2D eigenvalue weighted by Gasteiger charge is 2.37. The normalized spacial score (nSPS) is 13.8. The van der Waals surface area contributed by atoms with Crippen LogP contribution in [0.5, 0.6) is 0 Å². The molecule has 90 valence electrons. The molecule has 3 rings (SSSR count). The van der Waals surface area contributed by atoms with Crippen LogP contribution in [0.25, 0.3) is 0 Å². The van der Waals surface area contributed by atoms with Gasteiger partial charge < -0.3 is 4.52 Å². The molecule has 2 aromatic rings. The zero-order valence-electron chi connectivity index (χ0n) is 9.71. The molecule has 1 aliphatic rings. The Morgan fingerprint density at radius 1 is 1.33 bits per heavy atom. The van der Waals surface area contributed by atoms with Crippen LogP contribution in [0.4, 0.5) is 0 Å². The molecule has 2 amide bonds. The van der Waals surface area contributed by atoms with E-state index in [1.807, 2.05) is 6.07 Å².